The van der Waals surface area contributed by atoms with E-state index in [0.29, 0.717) is 13.1 Å². The van der Waals surface area contributed by atoms with E-state index in [1.54, 1.807) is 0 Å². The van der Waals surface area contributed by atoms with Crippen molar-refractivity contribution in [3.05, 3.63) is 0 Å². The van der Waals surface area contributed by atoms with Crippen LogP contribution in [0.25, 0.3) is 0 Å². The monoisotopic (exact) mass is 230 g/mol. The molecule has 5 nitrogen and oxygen atoms in total. The van der Waals surface area contributed by atoms with E-state index in [4.69, 9.17) is 24.4 Å². The first-order valence-corrected chi connectivity index (χ1v) is 4.32. The van der Waals surface area contributed by atoms with Gasteiger partial charge in [-0.3, -0.25) is 8.42 Å². The van der Waals surface area contributed by atoms with Crippen molar-refractivity contribution in [2.75, 3.05) is 13.1 Å². The Morgan fingerprint density at radius 1 is 1.30 bits per heavy atom. The first-order valence-electron chi connectivity index (χ1n) is 1.98. The Labute approximate surface area is 75.0 Å². The van der Waals surface area contributed by atoms with Gasteiger partial charge in [-0.1, -0.05) is 0 Å². The third kappa shape index (κ3) is 182. The topological polar surface area (TPSA) is 109 Å². The summed E-state index contributed by atoms with van der Waals surface area (Å²) in [5.41, 5.74) is 9.81. The van der Waals surface area contributed by atoms with Gasteiger partial charge < -0.3 is 27.7 Å². The minimum absolute atomic E-state index is 0. The van der Waals surface area contributed by atoms with Gasteiger partial charge in [0.15, 0.2) is 0 Å². The van der Waals surface area contributed by atoms with Gasteiger partial charge in [0.05, 0.1) is 0 Å². The van der Waals surface area contributed by atoms with Gasteiger partial charge in [0, 0.05) is 13.1 Å². The Hall–Kier alpha value is 0.674. The van der Waals surface area contributed by atoms with Crippen LogP contribution in [0.15, 0.2) is 0 Å². The molecule has 0 aromatic carbocycles. The molecule has 0 atom stereocenters. The van der Waals surface area contributed by atoms with Crippen molar-refractivity contribution >= 4 is 20.8 Å². The molecule has 8 heteroatoms. The molecule has 0 saturated heterocycles. The molecule has 0 aliphatic carbocycles. The van der Waals surface area contributed by atoms with Crippen LogP contribution in [0.3, 0.4) is 0 Å². The number of hydrogen-bond acceptors (Lipinski definition) is 6. The maximum atomic E-state index is 8.89. The van der Waals surface area contributed by atoms with Gasteiger partial charge in [0.1, 0.15) is 0 Å². The minimum atomic E-state index is -4.33. The van der Waals surface area contributed by atoms with Crippen LogP contribution < -0.4 is 11.5 Å². The van der Waals surface area contributed by atoms with E-state index in [-0.39, 0.29) is 16.5 Å². The average Bonchev–Trinajstić information content (AvgIpc) is 1.61. The Kier molecular flexibility index (Phi) is 16.4. The van der Waals surface area contributed by atoms with Crippen molar-refractivity contribution in [2.24, 2.45) is 11.5 Å². The largest absolute Gasteiger partial charge is 2.00 e. The van der Waals surface area contributed by atoms with Crippen LogP contribution in [-0.2, 0) is 37.3 Å². The van der Waals surface area contributed by atoms with E-state index in [0.717, 1.165) is 0 Å². The Bertz CT molecular complexity index is 125. The van der Waals surface area contributed by atoms with Crippen molar-refractivity contribution in [3.8, 4) is 0 Å². The molecular weight excluding hydrogens is 223 g/mol. The molecule has 0 rings (SSSR count). The molecule has 0 aromatic rings. The van der Waals surface area contributed by atoms with Crippen molar-refractivity contribution in [1.82, 2.24) is 0 Å². The van der Waals surface area contributed by atoms with Gasteiger partial charge >= 0.3 is 16.5 Å². The van der Waals surface area contributed by atoms with Crippen molar-refractivity contribution < 1.29 is 29.5 Å². The average molecular weight is 231 g/mol. The van der Waals surface area contributed by atoms with E-state index < -0.39 is 9.15 Å². The smallest absolute Gasteiger partial charge is 0.768 e. The summed E-state index contributed by atoms with van der Waals surface area (Å²) >= 11 is 3.24. The van der Waals surface area contributed by atoms with Gasteiger partial charge in [-0.05, 0) is 9.15 Å². The van der Waals surface area contributed by atoms with Crippen LogP contribution >= 0.6 is 0 Å². The number of nitrogens with two attached hydrogens (primary N) is 2. The summed E-state index contributed by atoms with van der Waals surface area (Å²) in [5.74, 6) is 0. The van der Waals surface area contributed by atoms with Crippen LogP contribution in [0.1, 0.15) is 0 Å². The van der Waals surface area contributed by atoms with Crippen molar-refractivity contribution in [1.29, 1.82) is 0 Å². The molecule has 0 heterocycles. The standard InChI is InChI=1S/C2H8N2.Ni.H2O3S2/c3-1-2-4;;1-5(2,3)4/h1-4H2;;(H2,1,2,3,4)/q;+2;/p-2. The summed E-state index contributed by atoms with van der Waals surface area (Å²) in [6, 6.07) is 0. The molecule has 0 aromatic heterocycles. The molecule has 0 amide bonds. The van der Waals surface area contributed by atoms with E-state index in [1.807, 2.05) is 0 Å². The fraction of sp³-hybridized carbons (Fsp3) is 1.00. The van der Waals surface area contributed by atoms with Crippen molar-refractivity contribution in [3.63, 3.8) is 0 Å². The summed E-state index contributed by atoms with van der Waals surface area (Å²) in [6.45, 7) is 1.19. The van der Waals surface area contributed by atoms with Gasteiger partial charge in [0.25, 0.3) is 0 Å². The molecular formula is C2H8N2NiO3S2. The maximum Gasteiger partial charge on any atom is 2.00 e. The molecule has 4 N–H and O–H groups in total. The molecule has 66 valence electrons. The fourth-order valence-electron chi connectivity index (χ4n) is 0. The predicted molar refractivity (Wildman–Crippen MR) is 35.2 cm³/mol. The molecule has 0 aliphatic rings. The maximum absolute atomic E-state index is 8.89. The summed E-state index contributed by atoms with van der Waals surface area (Å²) in [4.78, 5) is 0. The van der Waals surface area contributed by atoms with Gasteiger partial charge in [0.2, 0.25) is 0 Å². The zero-order chi connectivity index (χ0) is 7.91. The van der Waals surface area contributed by atoms with E-state index in [9.17, 15) is 0 Å². The first kappa shape index (κ1) is 17.0. The predicted octanol–water partition coefficient (Wildman–Crippen LogP) is -2.11. The second kappa shape index (κ2) is 9.67. The SMILES string of the molecule is NCCN.O=S(=O)([O-])[S-].[Ni+2]. The zero-order valence-corrected chi connectivity index (χ0v) is 7.55. The van der Waals surface area contributed by atoms with E-state index in [2.05, 4.69) is 11.7 Å². The summed E-state index contributed by atoms with van der Waals surface area (Å²) in [6.07, 6.45) is 0. The summed E-state index contributed by atoms with van der Waals surface area (Å²) < 4.78 is 26.7. The molecule has 0 saturated carbocycles. The third-order valence-corrected chi connectivity index (χ3v) is 0.167. The van der Waals surface area contributed by atoms with Gasteiger partial charge in [-0.15, -0.1) is 0 Å². The second-order valence-electron chi connectivity index (χ2n) is 0.986. The van der Waals surface area contributed by atoms with Crippen molar-refractivity contribution in [2.45, 2.75) is 0 Å². The Morgan fingerprint density at radius 2 is 1.40 bits per heavy atom. The van der Waals surface area contributed by atoms with Gasteiger partial charge in [-0.2, -0.15) is 0 Å². The van der Waals surface area contributed by atoms with Crippen LogP contribution in [-0.4, -0.2) is 26.1 Å². The second-order valence-corrected chi connectivity index (χ2v) is 3.03. The Morgan fingerprint density at radius 3 is 1.40 bits per heavy atom. The molecule has 0 bridgehead atoms. The molecule has 0 radical (unpaired) electrons. The van der Waals surface area contributed by atoms with Crippen LogP contribution in [0.5, 0.6) is 0 Å². The summed E-state index contributed by atoms with van der Waals surface area (Å²) in [5, 5.41) is 0. The number of hydrogen-bond donors (Lipinski definition) is 2. The zero-order valence-electron chi connectivity index (χ0n) is 4.93. The van der Waals surface area contributed by atoms with Gasteiger partial charge in [-0.25, -0.2) is 0 Å². The van der Waals surface area contributed by atoms with E-state index in [1.165, 1.54) is 0 Å². The molecule has 0 fully saturated rings. The number of rotatable bonds is 1. The minimum Gasteiger partial charge on any atom is -0.768 e. The molecule has 0 spiro atoms. The van der Waals surface area contributed by atoms with E-state index >= 15 is 0 Å². The summed E-state index contributed by atoms with van der Waals surface area (Å²) in [7, 11) is -4.33. The molecule has 10 heavy (non-hydrogen) atoms. The third-order valence-electron chi connectivity index (χ3n) is 0.167. The molecule has 0 unspecified atom stereocenters. The Balaban J connectivity index is -0.0000000910. The van der Waals surface area contributed by atoms with Crippen LogP contribution in [0.2, 0.25) is 0 Å². The fourth-order valence-corrected chi connectivity index (χ4v) is 0. The van der Waals surface area contributed by atoms with Crippen LogP contribution in [0.4, 0.5) is 0 Å². The quantitative estimate of drug-likeness (QED) is 0.231. The normalized spacial score (nSPS) is 8.80. The molecule has 0 aliphatic heterocycles. The first-order chi connectivity index (χ1) is 3.91. The van der Waals surface area contributed by atoms with Crippen LogP contribution in [0, 0.1) is 0 Å².